The Labute approximate surface area is 105 Å². The van der Waals surface area contributed by atoms with E-state index in [9.17, 15) is 0 Å². The third-order valence-electron chi connectivity index (χ3n) is 3.43. The molecule has 0 N–H and O–H groups in total. The third-order valence-corrected chi connectivity index (χ3v) is 4.08. The fourth-order valence-corrected chi connectivity index (χ4v) is 2.14. The minimum atomic E-state index is 0.126. The zero-order valence-electron chi connectivity index (χ0n) is 11.0. The van der Waals surface area contributed by atoms with E-state index in [4.69, 9.17) is 11.6 Å². The fourth-order valence-electron chi connectivity index (χ4n) is 1.71. The molecule has 0 fully saturated rings. The van der Waals surface area contributed by atoms with E-state index in [2.05, 4.69) is 58.9 Å². The van der Waals surface area contributed by atoms with Crippen LogP contribution in [0.4, 0.5) is 0 Å². The average Bonchev–Trinajstić information content (AvgIpc) is 2.27. The Morgan fingerprint density at radius 2 is 1.25 bits per heavy atom. The molecule has 16 heavy (non-hydrogen) atoms. The summed E-state index contributed by atoms with van der Waals surface area (Å²) in [6, 6.07) is 8.74. The Hall–Kier alpha value is -0.490. The fraction of sp³-hybridized carbons (Fsp3) is 0.600. The van der Waals surface area contributed by atoms with Crippen LogP contribution in [0.25, 0.3) is 0 Å². The average molecular weight is 239 g/mol. The summed E-state index contributed by atoms with van der Waals surface area (Å²) in [5.41, 5.74) is 2.62. The lowest BCUT2D eigenvalue weighted by Gasteiger charge is -2.22. The predicted octanol–water partition coefficient (Wildman–Crippen LogP) is 5.38. The molecule has 0 saturated heterocycles. The summed E-state index contributed by atoms with van der Waals surface area (Å²) in [6.07, 6.45) is 0. The van der Waals surface area contributed by atoms with Crippen LogP contribution in [0.1, 0.15) is 57.0 Å². The van der Waals surface area contributed by atoms with E-state index in [1.807, 2.05) is 0 Å². The summed E-state index contributed by atoms with van der Waals surface area (Å²) >= 11 is 6.48. The van der Waals surface area contributed by atoms with Crippen LogP contribution in [0.2, 0.25) is 0 Å². The molecule has 0 saturated carbocycles. The summed E-state index contributed by atoms with van der Waals surface area (Å²) in [5.74, 6) is 1.71. The van der Waals surface area contributed by atoms with E-state index in [1.165, 1.54) is 11.1 Å². The SMILES string of the molecule is CC(C)c1ccc(C(Cl)C(C)C(C)C)cc1. The van der Waals surface area contributed by atoms with Gasteiger partial charge in [-0.15, -0.1) is 11.6 Å². The number of benzene rings is 1. The molecular weight excluding hydrogens is 216 g/mol. The summed E-state index contributed by atoms with van der Waals surface area (Å²) in [5, 5.41) is 0.126. The van der Waals surface area contributed by atoms with Crippen LogP contribution in [0, 0.1) is 11.8 Å². The lowest BCUT2D eigenvalue weighted by molar-refractivity contribution is 0.406. The molecule has 0 nitrogen and oxygen atoms in total. The van der Waals surface area contributed by atoms with Crippen molar-refractivity contribution in [1.29, 1.82) is 0 Å². The molecule has 0 radical (unpaired) electrons. The summed E-state index contributed by atoms with van der Waals surface area (Å²) < 4.78 is 0. The second kappa shape index (κ2) is 5.72. The van der Waals surface area contributed by atoms with E-state index in [-0.39, 0.29) is 5.38 Å². The van der Waals surface area contributed by atoms with Gasteiger partial charge in [-0.05, 0) is 28.9 Å². The quantitative estimate of drug-likeness (QED) is 0.618. The van der Waals surface area contributed by atoms with Crippen molar-refractivity contribution in [3.8, 4) is 0 Å². The smallest absolute Gasteiger partial charge is 0.0613 e. The second-order valence-corrected chi connectivity index (χ2v) is 5.80. The monoisotopic (exact) mass is 238 g/mol. The van der Waals surface area contributed by atoms with Gasteiger partial charge in [-0.3, -0.25) is 0 Å². The number of hydrogen-bond acceptors (Lipinski definition) is 0. The maximum atomic E-state index is 6.48. The standard InChI is InChI=1S/C15H23Cl/c1-10(2)12(5)15(16)14-8-6-13(7-9-14)11(3)4/h6-12,15H,1-5H3. The molecule has 0 spiro atoms. The summed E-state index contributed by atoms with van der Waals surface area (Å²) in [7, 11) is 0. The number of alkyl halides is 1. The largest absolute Gasteiger partial charge is 0.118 e. The van der Waals surface area contributed by atoms with Gasteiger partial charge in [-0.25, -0.2) is 0 Å². The lowest BCUT2D eigenvalue weighted by atomic mass is 9.89. The molecular formula is C15H23Cl. The maximum Gasteiger partial charge on any atom is 0.0613 e. The number of rotatable bonds is 4. The molecule has 1 heteroatoms. The van der Waals surface area contributed by atoms with Gasteiger partial charge < -0.3 is 0 Å². The zero-order chi connectivity index (χ0) is 12.3. The van der Waals surface area contributed by atoms with Crippen LogP contribution in [0.15, 0.2) is 24.3 Å². The van der Waals surface area contributed by atoms with Gasteiger partial charge in [-0.2, -0.15) is 0 Å². The van der Waals surface area contributed by atoms with Crippen molar-refractivity contribution in [3.63, 3.8) is 0 Å². The third kappa shape index (κ3) is 3.25. The second-order valence-electron chi connectivity index (χ2n) is 5.33. The molecule has 2 unspecified atom stereocenters. The molecule has 0 bridgehead atoms. The van der Waals surface area contributed by atoms with E-state index in [0.29, 0.717) is 17.8 Å². The molecule has 2 atom stereocenters. The van der Waals surface area contributed by atoms with Gasteiger partial charge in [0.25, 0.3) is 0 Å². The van der Waals surface area contributed by atoms with Crippen molar-refractivity contribution < 1.29 is 0 Å². The first-order valence-electron chi connectivity index (χ1n) is 6.17. The number of halogens is 1. The highest BCUT2D eigenvalue weighted by Gasteiger charge is 2.19. The van der Waals surface area contributed by atoms with E-state index in [1.54, 1.807) is 0 Å². The molecule has 0 aromatic heterocycles. The first-order valence-corrected chi connectivity index (χ1v) is 6.61. The molecule has 1 aromatic rings. The van der Waals surface area contributed by atoms with E-state index < -0.39 is 0 Å². The Balaban J connectivity index is 2.81. The molecule has 0 aliphatic carbocycles. The minimum Gasteiger partial charge on any atom is -0.118 e. The van der Waals surface area contributed by atoms with Crippen LogP contribution < -0.4 is 0 Å². The highest BCUT2D eigenvalue weighted by molar-refractivity contribution is 6.21. The Morgan fingerprint density at radius 3 is 1.62 bits per heavy atom. The van der Waals surface area contributed by atoms with Gasteiger partial charge in [0, 0.05) is 0 Å². The van der Waals surface area contributed by atoms with Crippen LogP contribution in [0.3, 0.4) is 0 Å². The van der Waals surface area contributed by atoms with Crippen LogP contribution in [0.5, 0.6) is 0 Å². The van der Waals surface area contributed by atoms with Crippen molar-refractivity contribution in [2.24, 2.45) is 11.8 Å². The van der Waals surface area contributed by atoms with Gasteiger partial charge in [0.15, 0.2) is 0 Å². The normalized spacial score (nSPS) is 15.5. The van der Waals surface area contributed by atoms with E-state index in [0.717, 1.165) is 0 Å². The van der Waals surface area contributed by atoms with Crippen molar-refractivity contribution in [2.45, 2.75) is 45.9 Å². The molecule has 0 amide bonds. The lowest BCUT2D eigenvalue weighted by Crippen LogP contribution is -2.10. The topological polar surface area (TPSA) is 0 Å². The van der Waals surface area contributed by atoms with Crippen molar-refractivity contribution in [3.05, 3.63) is 35.4 Å². The van der Waals surface area contributed by atoms with E-state index >= 15 is 0 Å². The molecule has 0 heterocycles. The van der Waals surface area contributed by atoms with Crippen molar-refractivity contribution in [1.82, 2.24) is 0 Å². The molecule has 1 aromatic carbocycles. The molecule has 1 rings (SSSR count). The highest BCUT2D eigenvalue weighted by atomic mass is 35.5. The first-order chi connectivity index (χ1) is 7.43. The highest BCUT2D eigenvalue weighted by Crippen LogP contribution is 2.33. The van der Waals surface area contributed by atoms with Crippen molar-refractivity contribution >= 4 is 11.6 Å². The Bertz CT molecular complexity index is 311. The van der Waals surface area contributed by atoms with Gasteiger partial charge in [0.2, 0.25) is 0 Å². The van der Waals surface area contributed by atoms with Gasteiger partial charge >= 0.3 is 0 Å². The van der Waals surface area contributed by atoms with Gasteiger partial charge in [0.1, 0.15) is 0 Å². The van der Waals surface area contributed by atoms with Crippen LogP contribution in [-0.2, 0) is 0 Å². The maximum absolute atomic E-state index is 6.48. The first kappa shape index (κ1) is 13.6. The Kier molecular flexibility index (Phi) is 4.86. The number of hydrogen-bond donors (Lipinski definition) is 0. The molecule has 90 valence electrons. The minimum absolute atomic E-state index is 0.126. The van der Waals surface area contributed by atoms with Gasteiger partial charge in [-0.1, -0.05) is 58.9 Å². The summed E-state index contributed by atoms with van der Waals surface area (Å²) in [4.78, 5) is 0. The Morgan fingerprint density at radius 1 is 0.812 bits per heavy atom. The molecule has 0 aliphatic rings. The predicted molar refractivity (Wildman–Crippen MR) is 73.1 cm³/mol. The summed E-state index contributed by atoms with van der Waals surface area (Å²) in [6.45, 7) is 11.1. The zero-order valence-corrected chi connectivity index (χ0v) is 11.8. The molecule has 0 aliphatic heterocycles. The van der Waals surface area contributed by atoms with Gasteiger partial charge in [0.05, 0.1) is 5.38 Å². The van der Waals surface area contributed by atoms with Crippen LogP contribution >= 0.6 is 11.6 Å². The van der Waals surface area contributed by atoms with Crippen molar-refractivity contribution in [2.75, 3.05) is 0 Å². The van der Waals surface area contributed by atoms with Crippen LogP contribution in [-0.4, -0.2) is 0 Å².